The van der Waals surface area contributed by atoms with Crippen LogP contribution in [0.15, 0.2) is 22.7 Å². The molecule has 4 heteroatoms. The lowest BCUT2D eigenvalue weighted by atomic mass is 9.98. The van der Waals surface area contributed by atoms with Crippen LogP contribution < -0.4 is 10.1 Å². The average Bonchev–Trinajstić information content (AvgIpc) is 2.83. The second-order valence-electron chi connectivity index (χ2n) is 5.34. The van der Waals surface area contributed by atoms with Crippen LogP contribution in [0.3, 0.4) is 0 Å². The number of hydrogen-bond donors (Lipinski definition) is 1. The van der Waals surface area contributed by atoms with E-state index in [9.17, 15) is 0 Å². The summed E-state index contributed by atoms with van der Waals surface area (Å²) in [4.78, 5) is 2.26. The highest BCUT2D eigenvalue weighted by Crippen LogP contribution is 2.32. The molecule has 18 heavy (non-hydrogen) atoms. The van der Waals surface area contributed by atoms with Gasteiger partial charge in [0.05, 0.1) is 4.47 Å². The third kappa shape index (κ3) is 2.56. The molecule has 2 heterocycles. The molecule has 2 aliphatic heterocycles. The lowest BCUT2D eigenvalue weighted by molar-refractivity contribution is 0.0383. The molecule has 0 spiro atoms. The van der Waals surface area contributed by atoms with Crippen molar-refractivity contribution in [3.63, 3.8) is 0 Å². The Hall–Kier alpha value is -0.580. The van der Waals surface area contributed by atoms with Crippen LogP contribution in [0.5, 0.6) is 5.75 Å². The Balaban J connectivity index is 1.68. The fraction of sp³-hybridized carbons (Fsp3) is 0.571. The topological polar surface area (TPSA) is 24.5 Å². The van der Waals surface area contributed by atoms with Crippen LogP contribution >= 0.6 is 15.9 Å². The van der Waals surface area contributed by atoms with Gasteiger partial charge in [0, 0.05) is 19.6 Å². The highest BCUT2D eigenvalue weighted by molar-refractivity contribution is 9.10. The van der Waals surface area contributed by atoms with Crippen LogP contribution in [0.25, 0.3) is 0 Å². The minimum Gasteiger partial charge on any atom is -0.487 e. The van der Waals surface area contributed by atoms with Gasteiger partial charge in [0.15, 0.2) is 0 Å². The predicted molar refractivity (Wildman–Crippen MR) is 76.3 cm³/mol. The maximum atomic E-state index is 5.96. The van der Waals surface area contributed by atoms with E-state index in [0.29, 0.717) is 12.0 Å². The Morgan fingerprint density at radius 1 is 1.39 bits per heavy atom. The van der Waals surface area contributed by atoms with E-state index in [4.69, 9.17) is 4.74 Å². The normalized spacial score (nSPS) is 25.1. The van der Waals surface area contributed by atoms with E-state index in [1.807, 2.05) is 0 Å². The highest BCUT2D eigenvalue weighted by atomic mass is 79.9. The quantitative estimate of drug-likeness (QED) is 0.926. The van der Waals surface area contributed by atoms with Crippen molar-refractivity contribution < 1.29 is 4.74 Å². The summed E-state index contributed by atoms with van der Waals surface area (Å²) >= 11 is 3.63. The Kier molecular flexibility index (Phi) is 3.59. The van der Waals surface area contributed by atoms with Crippen molar-refractivity contribution in [2.75, 3.05) is 33.2 Å². The number of benzene rings is 1. The third-order valence-corrected chi connectivity index (χ3v) is 4.43. The molecular weight excluding hydrogens is 292 g/mol. The second-order valence-corrected chi connectivity index (χ2v) is 6.19. The van der Waals surface area contributed by atoms with E-state index in [-0.39, 0.29) is 0 Å². The maximum absolute atomic E-state index is 5.96. The smallest absolute Gasteiger partial charge is 0.134 e. The van der Waals surface area contributed by atoms with E-state index in [1.165, 1.54) is 12.0 Å². The Bertz CT molecular complexity index is 426. The Morgan fingerprint density at radius 3 is 2.83 bits per heavy atom. The SMILES string of the molecule is CN1CC(Oc2ccc(C3CCNC3)cc2Br)C1. The zero-order chi connectivity index (χ0) is 12.5. The molecule has 0 bridgehead atoms. The summed E-state index contributed by atoms with van der Waals surface area (Å²) in [6.45, 7) is 4.29. The van der Waals surface area contributed by atoms with Gasteiger partial charge in [0.25, 0.3) is 0 Å². The summed E-state index contributed by atoms with van der Waals surface area (Å²) in [7, 11) is 2.12. The van der Waals surface area contributed by atoms with E-state index >= 15 is 0 Å². The minimum absolute atomic E-state index is 0.352. The molecule has 3 rings (SSSR count). The van der Waals surface area contributed by atoms with Crippen molar-refractivity contribution in [1.29, 1.82) is 0 Å². The molecule has 1 unspecified atom stereocenters. The molecule has 0 saturated carbocycles. The van der Waals surface area contributed by atoms with E-state index in [1.54, 1.807) is 0 Å². The molecule has 3 nitrogen and oxygen atoms in total. The van der Waals surface area contributed by atoms with Gasteiger partial charge in [-0.25, -0.2) is 0 Å². The van der Waals surface area contributed by atoms with Crippen molar-refractivity contribution in [1.82, 2.24) is 10.2 Å². The predicted octanol–water partition coefficient (Wildman–Crippen LogP) is 2.22. The average molecular weight is 311 g/mol. The Labute approximate surface area is 117 Å². The monoisotopic (exact) mass is 310 g/mol. The zero-order valence-corrected chi connectivity index (χ0v) is 12.2. The molecule has 98 valence electrons. The second kappa shape index (κ2) is 5.19. The molecule has 2 fully saturated rings. The number of likely N-dealkylation sites (N-methyl/N-ethyl adjacent to an activating group) is 1. The zero-order valence-electron chi connectivity index (χ0n) is 10.7. The molecule has 0 amide bonds. The largest absolute Gasteiger partial charge is 0.487 e. The van der Waals surface area contributed by atoms with E-state index in [2.05, 4.69) is 51.4 Å². The van der Waals surface area contributed by atoms with Crippen molar-refractivity contribution in [3.05, 3.63) is 28.2 Å². The molecule has 0 aliphatic carbocycles. The summed E-state index contributed by atoms with van der Waals surface area (Å²) in [5.41, 5.74) is 1.41. The maximum Gasteiger partial charge on any atom is 0.134 e. The summed E-state index contributed by atoms with van der Waals surface area (Å²) in [5.74, 6) is 1.63. The van der Waals surface area contributed by atoms with Crippen LogP contribution in [0.1, 0.15) is 17.9 Å². The van der Waals surface area contributed by atoms with Gasteiger partial charge >= 0.3 is 0 Å². The highest BCUT2D eigenvalue weighted by Gasteiger charge is 2.25. The van der Waals surface area contributed by atoms with E-state index in [0.717, 1.165) is 36.4 Å². The van der Waals surface area contributed by atoms with Gasteiger partial charge in [-0.15, -0.1) is 0 Å². The number of nitrogens with zero attached hydrogens (tertiary/aromatic N) is 1. The number of rotatable bonds is 3. The van der Waals surface area contributed by atoms with Crippen molar-refractivity contribution in [3.8, 4) is 5.75 Å². The number of nitrogens with one attached hydrogen (secondary N) is 1. The van der Waals surface area contributed by atoms with Gasteiger partial charge in [0.2, 0.25) is 0 Å². The molecule has 2 saturated heterocycles. The first-order valence-corrected chi connectivity index (χ1v) is 7.37. The molecule has 0 aromatic heterocycles. The van der Waals surface area contributed by atoms with Crippen molar-refractivity contribution in [2.24, 2.45) is 0 Å². The number of halogens is 1. The van der Waals surface area contributed by atoms with E-state index < -0.39 is 0 Å². The van der Waals surface area contributed by atoms with Crippen LogP contribution in [-0.4, -0.2) is 44.2 Å². The fourth-order valence-corrected chi connectivity index (χ4v) is 3.19. The first-order chi connectivity index (χ1) is 8.72. The summed E-state index contributed by atoms with van der Waals surface area (Å²) in [6.07, 6.45) is 1.59. The molecule has 2 aliphatic rings. The summed E-state index contributed by atoms with van der Waals surface area (Å²) < 4.78 is 7.05. The first kappa shape index (κ1) is 12.5. The van der Waals surface area contributed by atoms with Gasteiger partial charge in [-0.2, -0.15) is 0 Å². The molecule has 1 aromatic carbocycles. The number of ether oxygens (including phenoxy) is 1. The molecule has 1 N–H and O–H groups in total. The van der Waals surface area contributed by atoms with Gasteiger partial charge in [-0.3, -0.25) is 4.90 Å². The molecular formula is C14H19BrN2O. The first-order valence-electron chi connectivity index (χ1n) is 6.58. The van der Waals surface area contributed by atoms with Crippen molar-refractivity contribution >= 4 is 15.9 Å². The van der Waals surface area contributed by atoms with Crippen LogP contribution in [0.2, 0.25) is 0 Å². The van der Waals surface area contributed by atoms with Gasteiger partial charge in [0.1, 0.15) is 11.9 Å². The lowest BCUT2D eigenvalue weighted by Gasteiger charge is -2.36. The van der Waals surface area contributed by atoms with Crippen LogP contribution in [0.4, 0.5) is 0 Å². The lowest BCUT2D eigenvalue weighted by Crippen LogP contribution is -2.51. The molecule has 0 radical (unpaired) electrons. The molecule has 1 atom stereocenters. The number of likely N-dealkylation sites (tertiary alicyclic amines) is 1. The summed E-state index contributed by atoms with van der Waals surface area (Å²) in [5, 5.41) is 3.41. The Morgan fingerprint density at radius 2 is 2.22 bits per heavy atom. The summed E-state index contributed by atoms with van der Waals surface area (Å²) in [6, 6.07) is 6.53. The minimum atomic E-state index is 0.352. The van der Waals surface area contributed by atoms with Gasteiger partial charge in [-0.1, -0.05) is 6.07 Å². The van der Waals surface area contributed by atoms with Gasteiger partial charge < -0.3 is 10.1 Å². The molecule has 1 aromatic rings. The van der Waals surface area contributed by atoms with Crippen LogP contribution in [0, 0.1) is 0 Å². The third-order valence-electron chi connectivity index (χ3n) is 3.81. The van der Waals surface area contributed by atoms with Gasteiger partial charge in [-0.05, 0) is 59.6 Å². The fourth-order valence-electron chi connectivity index (χ4n) is 2.70. The standard InChI is InChI=1S/C14H19BrN2O/c1-17-8-12(9-17)18-14-3-2-10(6-13(14)15)11-4-5-16-7-11/h2-3,6,11-12,16H,4-5,7-9H2,1H3. The van der Waals surface area contributed by atoms with Crippen molar-refractivity contribution in [2.45, 2.75) is 18.4 Å². The van der Waals surface area contributed by atoms with Crippen LogP contribution in [-0.2, 0) is 0 Å². The number of hydrogen-bond acceptors (Lipinski definition) is 3.